The number of amides is 1. The number of halogens is 1. The Bertz CT molecular complexity index is 1160. The first kappa shape index (κ1) is 23.8. The normalized spacial score (nSPS) is 11.1. The van der Waals surface area contributed by atoms with Crippen LogP contribution in [0.5, 0.6) is 5.75 Å². The summed E-state index contributed by atoms with van der Waals surface area (Å²) in [5.74, 6) is 0.349. The molecule has 1 N–H and O–H groups in total. The average Bonchev–Trinajstić information content (AvgIpc) is 2.77. The Morgan fingerprint density at radius 1 is 1.03 bits per heavy atom. The van der Waals surface area contributed by atoms with Crippen LogP contribution in [0.25, 0.3) is 0 Å². The number of hydrogen-bond acceptors (Lipinski definition) is 4. The number of nitrogens with one attached hydrogen (secondary N) is 1. The highest BCUT2D eigenvalue weighted by Crippen LogP contribution is 2.26. The lowest BCUT2D eigenvalue weighted by atomic mass is 10.2. The van der Waals surface area contributed by atoms with Crippen LogP contribution in [0.4, 0.5) is 5.69 Å². The van der Waals surface area contributed by atoms with E-state index >= 15 is 0 Å². The van der Waals surface area contributed by atoms with E-state index in [4.69, 9.17) is 4.74 Å². The number of sulfonamides is 1. The largest absolute Gasteiger partial charge is 0.494 e. The summed E-state index contributed by atoms with van der Waals surface area (Å²) >= 11 is 3.38. The molecule has 0 unspecified atom stereocenters. The number of aryl methyl sites for hydroxylation is 1. The van der Waals surface area contributed by atoms with Crippen molar-refractivity contribution < 1.29 is 17.9 Å². The summed E-state index contributed by atoms with van der Waals surface area (Å²) in [7, 11) is -3.94. The third-order valence-electron chi connectivity index (χ3n) is 4.72. The Kier molecular flexibility index (Phi) is 7.93. The maximum absolute atomic E-state index is 13.4. The zero-order valence-electron chi connectivity index (χ0n) is 17.9. The van der Waals surface area contributed by atoms with E-state index in [1.165, 1.54) is 0 Å². The fourth-order valence-electron chi connectivity index (χ4n) is 3.04. The Morgan fingerprint density at radius 2 is 1.72 bits per heavy atom. The highest BCUT2D eigenvalue weighted by molar-refractivity contribution is 9.10. The summed E-state index contributed by atoms with van der Waals surface area (Å²) in [6.07, 6.45) is 0. The minimum Gasteiger partial charge on any atom is -0.494 e. The molecule has 0 aliphatic heterocycles. The molecule has 0 spiro atoms. The van der Waals surface area contributed by atoms with Crippen LogP contribution in [-0.2, 0) is 21.4 Å². The molecule has 0 aliphatic rings. The minimum absolute atomic E-state index is 0.127. The van der Waals surface area contributed by atoms with Crippen molar-refractivity contribution in [2.45, 2.75) is 25.3 Å². The fraction of sp³-hybridized carbons (Fsp3) is 0.208. The van der Waals surface area contributed by atoms with E-state index in [-0.39, 0.29) is 18.0 Å². The SMILES string of the molecule is CCOc1ccc(CNC(=O)CN(c2cccc(Br)c2)S(=O)(=O)c2ccc(C)cc2)cc1. The Balaban J connectivity index is 1.79. The Hall–Kier alpha value is -2.84. The number of nitrogens with zero attached hydrogens (tertiary/aromatic N) is 1. The lowest BCUT2D eigenvalue weighted by Gasteiger charge is -2.24. The van der Waals surface area contributed by atoms with Crippen molar-refractivity contribution in [2.75, 3.05) is 17.5 Å². The molecule has 0 radical (unpaired) electrons. The second-order valence-corrected chi connectivity index (χ2v) is 9.94. The van der Waals surface area contributed by atoms with Gasteiger partial charge in [-0.1, -0.05) is 51.8 Å². The van der Waals surface area contributed by atoms with E-state index in [1.54, 1.807) is 48.5 Å². The van der Waals surface area contributed by atoms with E-state index in [0.29, 0.717) is 16.8 Å². The lowest BCUT2D eigenvalue weighted by molar-refractivity contribution is -0.119. The summed E-state index contributed by atoms with van der Waals surface area (Å²) in [6, 6.07) is 20.8. The summed E-state index contributed by atoms with van der Waals surface area (Å²) in [6.45, 7) is 4.31. The van der Waals surface area contributed by atoms with Gasteiger partial charge in [-0.2, -0.15) is 0 Å². The summed E-state index contributed by atoms with van der Waals surface area (Å²) in [5, 5.41) is 2.80. The fourth-order valence-corrected chi connectivity index (χ4v) is 4.84. The lowest BCUT2D eigenvalue weighted by Crippen LogP contribution is -2.40. The molecule has 3 aromatic carbocycles. The third kappa shape index (κ3) is 6.11. The highest BCUT2D eigenvalue weighted by atomic mass is 79.9. The van der Waals surface area contributed by atoms with Crippen LogP contribution in [0.15, 0.2) is 82.2 Å². The van der Waals surface area contributed by atoms with Gasteiger partial charge in [-0.05, 0) is 61.9 Å². The van der Waals surface area contributed by atoms with Crippen molar-refractivity contribution >= 4 is 37.5 Å². The quantitative estimate of drug-likeness (QED) is 0.448. The topological polar surface area (TPSA) is 75.7 Å². The third-order valence-corrected chi connectivity index (χ3v) is 7.00. The van der Waals surface area contributed by atoms with E-state index in [0.717, 1.165) is 21.2 Å². The highest BCUT2D eigenvalue weighted by Gasteiger charge is 2.27. The van der Waals surface area contributed by atoms with Crippen LogP contribution < -0.4 is 14.4 Å². The van der Waals surface area contributed by atoms with Crippen LogP contribution in [0.3, 0.4) is 0 Å². The molecule has 3 rings (SSSR count). The molecule has 1 amide bonds. The molecule has 0 saturated carbocycles. The number of hydrogen-bond donors (Lipinski definition) is 1. The van der Waals surface area contributed by atoms with Gasteiger partial charge in [-0.3, -0.25) is 9.10 Å². The molecule has 0 heterocycles. The monoisotopic (exact) mass is 516 g/mol. The molecule has 0 aromatic heterocycles. The number of ether oxygens (including phenoxy) is 1. The minimum atomic E-state index is -3.94. The average molecular weight is 517 g/mol. The van der Waals surface area contributed by atoms with Crippen LogP contribution in [0.1, 0.15) is 18.1 Å². The van der Waals surface area contributed by atoms with Crippen molar-refractivity contribution in [3.63, 3.8) is 0 Å². The van der Waals surface area contributed by atoms with E-state index in [1.807, 2.05) is 38.1 Å². The van der Waals surface area contributed by atoms with E-state index in [9.17, 15) is 13.2 Å². The van der Waals surface area contributed by atoms with Crippen molar-refractivity contribution in [3.8, 4) is 5.75 Å². The van der Waals surface area contributed by atoms with Gasteiger partial charge in [-0.15, -0.1) is 0 Å². The summed E-state index contributed by atoms with van der Waals surface area (Å²) in [4.78, 5) is 12.9. The van der Waals surface area contributed by atoms with Crippen molar-refractivity contribution in [1.29, 1.82) is 0 Å². The predicted molar refractivity (Wildman–Crippen MR) is 129 cm³/mol. The summed E-state index contributed by atoms with van der Waals surface area (Å²) in [5.41, 5.74) is 2.24. The molecule has 3 aromatic rings. The maximum Gasteiger partial charge on any atom is 0.264 e. The van der Waals surface area contributed by atoms with Gasteiger partial charge in [0.25, 0.3) is 10.0 Å². The first-order valence-corrected chi connectivity index (χ1v) is 12.4. The smallest absolute Gasteiger partial charge is 0.264 e. The molecule has 6 nitrogen and oxygen atoms in total. The zero-order valence-corrected chi connectivity index (χ0v) is 20.3. The van der Waals surface area contributed by atoms with E-state index < -0.39 is 15.9 Å². The van der Waals surface area contributed by atoms with Crippen LogP contribution in [0, 0.1) is 6.92 Å². The van der Waals surface area contributed by atoms with Gasteiger partial charge >= 0.3 is 0 Å². The predicted octanol–water partition coefficient (Wildman–Crippen LogP) is 4.67. The Morgan fingerprint density at radius 3 is 2.34 bits per heavy atom. The number of carbonyl (C=O) groups is 1. The standard InChI is InChI=1S/C24H25BrN2O4S/c1-3-31-22-11-9-19(10-12-22)16-26-24(28)17-27(21-6-4-5-20(25)15-21)32(29,30)23-13-7-18(2)8-14-23/h4-15H,3,16-17H2,1-2H3,(H,26,28). The van der Waals surface area contributed by atoms with Crippen LogP contribution in [0.2, 0.25) is 0 Å². The molecular weight excluding hydrogens is 492 g/mol. The van der Waals surface area contributed by atoms with Crippen molar-refractivity contribution in [1.82, 2.24) is 5.32 Å². The van der Waals surface area contributed by atoms with Crippen molar-refractivity contribution in [2.24, 2.45) is 0 Å². The molecule has 0 fully saturated rings. The molecular formula is C24H25BrN2O4S. The van der Waals surface area contributed by atoms with Gasteiger partial charge in [0.2, 0.25) is 5.91 Å². The van der Waals surface area contributed by atoms with Gasteiger partial charge in [0.05, 0.1) is 17.2 Å². The number of anilines is 1. The van der Waals surface area contributed by atoms with E-state index in [2.05, 4.69) is 21.2 Å². The number of carbonyl (C=O) groups excluding carboxylic acids is 1. The van der Waals surface area contributed by atoms with Crippen molar-refractivity contribution in [3.05, 3.63) is 88.4 Å². The first-order chi connectivity index (χ1) is 15.3. The van der Waals surface area contributed by atoms with Gasteiger partial charge in [-0.25, -0.2) is 8.42 Å². The second-order valence-electron chi connectivity index (χ2n) is 7.16. The molecule has 0 saturated heterocycles. The Labute approximate surface area is 197 Å². The number of benzene rings is 3. The van der Waals surface area contributed by atoms with Gasteiger partial charge in [0.15, 0.2) is 0 Å². The second kappa shape index (κ2) is 10.7. The first-order valence-electron chi connectivity index (χ1n) is 10.1. The molecule has 168 valence electrons. The molecule has 0 aliphatic carbocycles. The molecule has 8 heteroatoms. The maximum atomic E-state index is 13.4. The summed E-state index contributed by atoms with van der Waals surface area (Å²) < 4.78 is 34.0. The van der Waals surface area contributed by atoms with Crippen LogP contribution >= 0.6 is 15.9 Å². The molecule has 0 bridgehead atoms. The molecule has 0 atom stereocenters. The molecule has 32 heavy (non-hydrogen) atoms. The number of rotatable bonds is 9. The van der Waals surface area contributed by atoms with Gasteiger partial charge in [0.1, 0.15) is 12.3 Å². The van der Waals surface area contributed by atoms with Gasteiger partial charge < -0.3 is 10.1 Å². The van der Waals surface area contributed by atoms with Crippen LogP contribution in [-0.4, -0.2) is 27.5 Å². The zero-order chi connectivity index (χ0) is 23.1. The van der Waals surface area contributed by atoms with Gasteiger partial charge in [0, 0.05) is 11.0 Å².